The molecule has 0 spiro atoms. The molecule has 10 heteroatoms. The van der Waals surface area contributed by atoms with Gasteiger partial charge in [-0.2, -0.15) is 0 Å². The molecule has 0 aliphatic carbocycles. The lowest BCUT2D eigenvalue weighted by molar-refractivity contribution is -0.124. The summed E-state index contributed by atoms with van der Waals surface area (Å²) in [5.41, 5.74) is 10.3. The molecule has 0 unspecified atom stereocenters. The maximum Gasteiger partial charge on any atom is 0.274 e. The number of aryl methyl sites for hydroxylation is 1. The third kappa shape index (κ3) is 4.05. The molecule has 10 nitrogen and oxygen atoms in total. The van der Waals surface area contributed by atoms with E-state index in [9.17, 15) is 9.59 Å². The number of carbonyl (C=O) groups excluding carboxylic acids is 2. The summed E-state index contributed by atoms with van der Waals surface area (Å²) < 4.78 is 1.89. The average molecular weight is 469 g/mol. The zero-order valence-electron chi connectivity index (χ0n) is 19.2. The van der Waals surface area contributed by atoms with Gasteiger partial charge in [0.15, 0.2) is 0 Å². The number of anilines is 3. The number of aromatic nitrogens is 4. The minimum absolute atomic E-state index is 0.117. The second-order valence-corrected chi connectivity index (χ2v) is 8.20. The van der Waals surface area contributed by atoms with Crippen LogP contribution in [-0.4, -0.2) is 55.8 Å². The predicted molar refractivity (Wildman–Crippen MR) is 134 cm³/mol. The highest BCUT2D eigenvalue weighted by Crippen LogP contribution is 2.33. The molecule has 0 bridgehead atoms. The number of fused-ring (bicyclic) bond motifs is 1. The number of nitrogens with zero attached hydrogens (tertiary/aromatic N) is 6. The fourth-order valence-electron chi connectivity index (χ4n) is 4.17. The number of hydrogen-bond donors (Lipinski definition) is 2. The molecule has 1 aromatic carbocycles. The van der Waals surface area contributed by atoms with E-state index in [2.05, 4.69) is 21.9 Å². The Balaban J connectivity index is 1.49. The third-order valence-electron chi connectivity index (χ3n) is 5.96. The van der Waals surface area contributed by atoms with Crippen LogP contribution in [0.25, 0.3) is 16.8 Å². The molecule has 3 N–H and O–H groups in total. The van der Waals surface area contributed by atoms with Gasteiger partial charge in [-0.25, -0.2) is 9.97 Å². The van der Waals surface area contributed by atoms with E-state index in [4.69, 9.17) is 10.7 Å². The largest absolute Gasteiger partial charge is 0.382 e. The van der Waals surface area contributed by atoms with Gasteiger partial charge in [0.25, 0.3) is 5.91 Å². The van der Waals surface area contributed by atoms with Crippen LogP contribution in [0.4, 0.5) is 17.5 Å². The number of carbonyl (C=O) groups is 2. The monoisotopic (exact) mass is 468 g/mol. The Kier molecular flexibility index (Phi) is 5.61. The second kappa shape index (κ2) is 8.90. The van der Waals surface area contributed by atoms with E-state index in [1.807, 2.05) is 40.6 Å². The van der Waals surface area contributed by atoms with Crippen molar-refractivity contribution in [1.82, 2.24) is 24.3 Å². The molecule has 5 rings (SSSR count). The highest BCUT2D eigenvalue weighted by Gasteiger charge is 2.27. The summed E-state index contributed by atoms with van der Waals surface area (Å²) >= 11 is 0. The molecule has 1 fully saturated rings. The van der Waals surface area contributed by atoms with Crippen molar-refractivity contribution < 1.29 is 9.59 Å². The van der Waals surface area contributed by atoms with Gasteiger partial charge in [-0.15, -0.1) is 0 Å². The molecular formula is C25H24N8O2. The number of hydrogen-bond acceptors (Lipinski definition) is 7. The number of rotatable bonds is 5. The Labute approximate surface area is 201 Å². The zero-order valence-corrected chi connectivity index (χ0v) is 19.2. The number of pyridine rings is 1. The van der Waals surface area contributed by atoms with Crippen molar-refractivity contribution in [3.05, 3.63) is 78.9 Å². The van der Waals surface area contributed by atoms with E-state index in [0.29, 0.717) is 54.1 Å². The second-order valence-electron chi connectivity index (χ2n) is 8.20. The number of nitrogens with two attached hydrogens (primary N) is 1. The minimum atomic E-state index is -0.280. The van der Waals surface area contributed by atoms with Crippen LogP contribution >= 0.6 is 0 Å². The fourth-order valence-corrected chi connectivity index (χ4v) is 4.17. The summed E-state index contributed by atoms with van der Waals surface area (Å²) in [4.78, 5) is 41.6. The summed E-state index contributed by atoms with van der Waals surface area (Å²) in [6.45, 7) is 7.11. The topological polar surface area (TPSA) is 122 Å². The van der Waals surface area contributed by atoms with Crippen LogP contribution in [0.2, 0.25) is 0 Å². The summed E-state index contributed by atoms with van der Waals surface area (Å²) in [6, 6.07) is 10.9. The standard InChI is InChI=1S/C25H24N8O2/c1-3-20(34)31-12-13-32(15-31)25-30-21(22-23(26)28-10-11-33(22)25)17-7-8-18(16(2)14-17)29-24(35)19-6-4-5-9-27-19/h3-11,14H,1,12-13,15H2,2H3,(H2,26,28)(H,29,35). The first kappa shape index (κ1) is 22.1. The first-order valence-electron chi connectivity index (χ1n) is 11.1. The third-order valence-corrected chi connectivity index (χ3v) is 5.96. The first-order valence-corrected chi connectivity index (χ1v) is 11.1. The van der Waals surface area contributed by atoms with Gasteiger partial charge in [-0.1, -0.05) is 18.7 Å². The van der Waals surface area contributed by atoms with E-state index in [1.54, 1.807) is 35.5 Å². The van der Waals surface area contributed by atoms with Gasteiger partial charge < -0.3 is 20.9 Å². The fraction of sp³-hybridized carbons (Fsp3) is 0.160. The van der Waals surface area contributed by atoms with Gasteiger partial charge in [0.05, 0.1) is 6.67 Å². The van der Waals surface area contributed by atoms with E-state index >= 15 is 0 Å². The molecule has 35 heavy (non-hydrogen) atoms. The summed E-state index contributed by atoms with van der Waals surface area (Å²) in [5, 5.41) is 2.91. The average Bonchev–Trinajstić information content (AvgIpc) is 3.51. The molecule has 0 saturated carbocycles. The van der Waals surface area contributed by atoms with Gasteiger partial charge in [0.1, 0.15) is 22.7 Å². The SMILES string of the molecule is C=CC(=O)N1CCN(c2nc(-c3ccc(NC(=O)c4ccccn4)c(C)c3)c3c(N)nccn23)C1. The summed E-state index contributed by atoms with van der Waals surface area (Å²) in [7, 11) is 0. The number of nitrogen functional groups attached to an aromatic ring is 1. The van der Waals surface area contributed by atoms with Crippen molar-refractivity contribution in [3.8, 4) is 11.3 Å². The quantitative estimate of drug-likeness (QED) is 0.432. The van der Waals surface area contributed by atoms with Crippen LogP contribution in [0.5, 0.6) is 0 Å². The van der Waals surface area contributed by atoms with E-state index < -0.39 is 0 Å². The highest BCUT2D eigenvalue weighted by molar-refractivity contribution is 6.03. The van der Waals surface area contributed by atoms with Gasteiger partial charge in [0.2, 0.25) is 11.9 Å². The smallest absolute Gasteiger partial charge is 0.274 e. The van der Waals surface area contributed by atoms with Crippen molar-refractivity contribution in [3.63, 3.8) is 0 Å². The maximum absolute atomic E-state index is 12.5. The normalized spacial score (nSPS) is 13.3. The molecule has 1 saturated heterocycles. The van der Waals surface area contributed by atoms with E-state index in [0.717, 1.165) is 11.1 Å². The molecule has 2 amide bonds. The van der Waals surface area contributed by atoms with Crippen LogP contribution in [0, 0.1) is 6.92 Å². The molecule has 3 aromatic heterocycles. The van der Waals surface area contributed by atoms with Crippen molar-refractivity contribution in [2.45, 2.75) is 6.92 Å². The van der Waals surface area contributed by atoms with Crippen molar-refractivity contribution in [1.29, 1.82) is 0 Å². The molecule has 4 heterocycles. The van der Waals surface area contributed by atoms with Crippen molar-refractivity contribution in [2.24, 2.45) is 0 Å². The van der Waals surface area contributed by atoms with Crippen LogP contribution in [0.1, 0.15) is 16.1 Å². The number of benzene rings is 1. The molecule has 4 aromatic rings. The van der Waals surface area contributed by atoms with Crippen molar-refractivity contribution in [2.75, 3.05) is 35.7 Å². The van der Waals surface area contributed by atoms with Crippen LogP contribution in [-0.2, 0) is 4.79 Å². The van der Waals surface area contributed by atoms with Crippen LogP contribution in [0.15, 0.2) is 67.6 Å². The van der Waals surface area contributed by atoms with Crippen molar-refractivity contribution >= 4 is 34.8 Å². The minimum Gasteiger partial charge on any atom is -0.382 e. The van der Waals surface area contributed by atoms with Gasteiger partial charge >= 0.3 is 0 Å². The molecule has 1 aliphatic rings. The van der Waals surface area contributed by atoms with Crippen LogP contribution in [0.3, 0.4) is 0 Å². The van der Waals surface area contributed by atoms with E-state index in [-0.39, 0.29) is 11.8 Å². The molecule has 0 radical (unpaired) electrons. The lowest BCUT2D eigenvalue weighted by Crippen LogP contribution is -2.30. The number of amides is 2. The predicted octanol–water partition coefficient (Wildman–Crippen LogP) is 2.73. The van der Waals surface area contributed by atoms with Gasteiger partial charge in [-0.3, -0.25) is 19.0 Å². The highest BCUT2D eigenvalue weighted by atomic mass is 16.2. The van der Waals surface area contributed by atoms with E-state index in [1.165, 1.54) is 6.08 Å². The summed E-state index contributed by atoms with van der Waals surface area (Å²) in [6.07, 6.45) is 6.33. The Morgan fingerprint density at radius 1 is 1.14 bits per heavy atom. The van der Waals surface area contributed by atoms with Gasteiger partial charge in [-0.05, 0) is 42.8 Å². The molecular weight excluding hydrogens is 444 g/mol. The molecule has 0 atom stereocenters. The lowest BCUT2D eigenvalue weighted by atomic mass is 10.1. The molecule has 176 valence electrons. The lowest BCUT2D eigenvalue weighted by Gasteiger charge is -2.17. The number of imidazole rings is 1. The first-order chi connectivity index (χ1) is 17.0. The Morgan fingerprint density at radius 2 is 2.00 bits per heavy atom. The number of nitrogens with one attached hydrogen (secondary N) is 1. The molecule has 1 aliphatic heterocycles. The van der Waals surface area contributed by atoms with Gasteiger partial charge in [0, 0.05) is 42.9 Å². The zero-order chi connectivity index (χ0) is 24.5. The Morgan fingerprint density at radius 3 is 2.74 bits per heavy atom. The Bertz CT molecular complexity index is 1450. The maximum atomic E-state index is 12.5. The summed E-state index contributed by atoms with van der Waals surface area (Å²) in [5.74, 6) is 0.629. The Hall–Kier alpha value is -4.73. The van der Waals surface area contributed by atoms with Crippen LogP contribution < -0.4 is 16.0 Å².